The van der Waals surface area contributed by atoms with Crippen molar-refractivity contribution in [2.75, 3.05) is 10.6 Å². The molecule has 2 amide bonds. The zero-order valence-electron chi connectivity index (χ0n) is 16.0. The van der Waals surface area contributed by atoms with Crippen LogP contribution in [0.5, 0.6) is 0 Å². The fraction of sp³-hybridized carbons (Fsp3) is 0.0435. The summed E-state index contributed by atoms with van der Waals surface area (Å²) in [7, 11) is 0. The number of aryl methyl sites for hydroxylation is 1. The van der Waals surface area contributed by atoms with Gasteiger partial charge in [-0.3, -0.25) is 9.59 Å². The third-order valence-electron chi connectivity index (χ3n) is 4.21. The van der Waals surface area contributed by atoms with E-state index in [1.807, 2.05) is 61.5 Å². The summed E-state index contributed by atoms with van der Waals surface area (Å²) < 4.78 is 5.10. The minimum Gasteiger partial charge on any atom is -0.459 e. The molecule has 0 unspecified atom stereocenters. The maximum Gasteiger partial charge on any atom is 0.291 e. The summed E-state index contributed by atoms with van der Waals surface area (Å²) in [6.45, 7) is 1.85. The van der Waals surface area contributed by atoms with E-state index < -0.39 is 0 Å². The van der Waals surface area contributed by atoms with Crippen LogP contribution in [0.25, 0.3) is 0 Å². The minimum absolute atomic E-state index is 0.211. The van der Waals surface area contributed by atoms with Crippen LogP contribution >= 0.6 is 23.1 Å². The first-order chi connectivity index (χ1) is 14.6. The van der Waals surface area contributed by atoms with Gasteiger partial charge in [0.25, 0.3) is 11.8 Å². The molecule has 2 heterocycles. The number of rotatable bonds is 6. The van der Waals surface area contributed by atoms with Crippen LogP contribution < -0.4 is 10.6 Å². The van der Waals surface area contributed by atoms with Gasteiger partial charge in [0, 0.05) is 9.79 Å². The standard InChI is InChI=1S/C23H18N2O3S2/c1-15-14-20(25-22(26)18-11-7-13-28-18)30-21(15)23(27)24-17-10-5-6-12-19(17)29-16-8-3-2-4-9-16/h2-14H,1H3,(H,24,27)(H,25,26). The summed E-state index contributed by atoms with van der Waals surface area (Å²) in [5.74, 6) is -0.339. The van der Waals surface area contributed by atoms with Crippen molar-refractivity contribution in [3.05, 3.63) is 95.3 Å². The van der Waals surface area contributed by atoms with Crippen molar-refractivity contribution in [3.63, 3.8) is 0 Å². The SMILES string of the molecule is Cc1cc(NC(=O)c2ccco2)sc1C(=O)Nc1ccccc1Sc1ccccc1. The Hall–Kier alpha value is -3.29. The molecule has 0 saturated heterocycles. The zero-order chi connectivity index (χ0) is 20.9. The maximum absolute atomic E-state index is 12.9. The zero-order valence-corrected chi connectivity index (χ0v) is 17.7. The average Bonchev–Trinajstić information content (AvgIpc) is 3.40. The van der Waals surface area contributed by atoms with E-state index in [0.29, 0.717) is 9.88 Å². The van der Waals surface area contributed by atoms with Gasteiger partial charge in [-0.15, -0.1) is 11.3 Å². The molecule has 0 saturated carbocycles. The minimum atomic E-state index is -0.349. The van der Waals surface area contributed by atoms with E-state index in [0.717, 1.165) is 21.0 Å². The van der Waals surface area contributed by atoms with E-state index in [4.69, 9.17) is 4.42 Å². The maximum atomic E-state index is 12.9. The largest absolute Gasteiger partial charge is 0.459 e. The van der Waals surface area contributed by atoms with Crippen molar-refractivity contribution in [1.29, 1.82) is 0 Å². The lowest BCUT2D eigenvalue weighted by Crippen LogP contribution is -2.12. The number of hydrogen-bond donors (Lipinski definition) is 2. The molecule has 0 spiro atoms. The Morgan fingerprint density at radius 2 is 1.67 bits per heavy atom. The first-order valence-corrected chi connectivity index (χ1v) is 10.8. The van der Waals surface area contributed by atoms with Crippen LogP contribution in [0, 0.1) is 6.92 Å². The van der Waals surface area contributed by atoms with E-state index in [2.05, 4.69) is 10.6 Å². The summed E-state index contributed by atoms with van der Waals surface area (Å²) in [5, 5.41) is 6.36. The van der Waals surface area contributed by atoms with Crippen molar-refractivity contribution in [2.24, 2.45) is 0 Å². The summed E-state index contributed by atoms with van der Waals surface area (Å²) in [6.07, 6.45) is 1.44. The van der Waals surface area contributed by atoms with E-state index in [9.17, 15) is 9.59 Å². The first kappa shape index (κ1) is 20.0. The third kappa shape index (κ3) is 4.64. The van der Waals surface area contributed by atoms with Gasteiger partial charge in [0.2, 0.25) is 0 Å². The van der Waals surface area contributed by atoms with Gasteiger partial charge in [-0.1, -0.05) is 42.1 Å². The van der Waals surface area contributed by atoms with E-state index in [1.165, 1.54) is 17.6 Å². The van der Waals surface area contributed by atoms with E-state index >= 15 is 0 Å². The molecule has 2 N–H and O–H groups in total. The van der Waals surface area contributed by atoms with Crippen molar-refractivity contribution >= 4 is 45.6 Å². The number of amides is 2. The van der Waals surface area contributed by atoms with Crippen molar-refractivity contribution in [3.8, 4) is 0 Å². The summed E-state index contributed by atoms with van der Waals surface area (Å²) in [4.78, 5) is 27.7. The number of para-hydroxylation sites is 1. The second-order valence-electron chi connectivity index (χ2n) is 6.42. The number of thiophene rings is 1. The van der Waals surface area contributed by atoms with Crippen LogP contribution in [0.1, 0.15) is 25.8 Å². The number of nitrogens with one attached hydrogen (secondary N) is 2. The summed E-state index contributed by atoms with van der Waals surface area (Å²) in [5.41, 5.74) is 1.53. The highest BCUT2D eigenvalue weighted by atomic mass is 32.2. The van der Waals surface area contributed by atoms with Crippen molar-refractivity contribution < 1.29 is 14.0 Å². The molecule has 30 heavy (non-hydrogen) atoms. The highest BCUT2D eigenvalue weighted by molar-refractivity contribution is 7.99. The van der Waals surface area contributed by atoms with E-state index in [-0.39, 0.29) is 17.6 Å². The highest BCUT2D eigenvalue weighted by Crippen LogP contribution is 2.34. The molecule has 0 aliphatic heterocycles. The molecule has 5 nitrogen and oxygen atoms in total. The Morgan fingerprint density at radius 1 is 0.900 bits per heavy atom. The monoisotopic (exact) mass is 434 g/mol. The molecule has 4 rings (SSSR count). The average molecular weight is 435 g/mol. The number of anilines is 2. The number of hydrogen-bond acceptors (Lipinski definition) is 5. The van der Waals surface area contributed by atoms with Crippen molar-refractivity contribution in [1.82, 2.24) is 0 Å². The molecule has 7 heteroatoms. The second-order valence-corrected chi connectivity index (χ2v) is 8.59. The van der Waals surface area contributed by atoms with Crippen molar-refractivity contribution in [2.45, 2.75) is 16.7 Å². The van der Waals surface area contributed by atoms with Gasteiger partial charge in [0.1, 0.15) is 0 Å². The van der Waals surface area contributed by atoms with Crippen LogP contribution in [0.3, 0.4) is 0 Å². The van der Waals surface area contributed by atoms with Crippen LogP contribution in [-0.2, 0) is 0 Å². The van der Waals surface area contributed by atoms with Crippen LogP contribution in [0.4, 0.5) is 10.7 Å². The molecule has 2 aromatic heterocycles. The molecule has 0 aliphatic carbocycles. The number of carbonyl (C=O) groups excluding carboxylic acids is 2. The highest BCUT2D eigenvalue weighted by Gasteiger charge is 2.17. The third-order valence-corrected chi connectivity index (χ3v) is 6.45. The molecule has 4 aromatic rings. The molecular weight excluding hydrogens is 416 g/mol. The molecule has 0 aliphatic rings. The summed E-state index contributed by atoms with van der Waals surface area (Å²) in [6, 6.07) is 22.7. The Morgan fingerprint density at radius 3 is 2.43 bits per heavy atom. The van der Waals surface area contributed by atoms with E-state index in [1.54, 1.807) is 30.0 Å². The first-order valence-electron chi connectivity index (χ1n) is 9.19. The fourth-order valence-electron chi connectivity index (χ4n) is 2.80. The topological polar surface area (TPSA) is 71.3 Å². The Balaban J connectivity index is 1.49. The number of furan rings is 1. The van der Waals surface area contributed by atoms with Gasteiger partial charge in [0.05, 0.1) is 21.8 Å². The van der Waals surface area contributed by atoms with Gasteiger partial charge < -0.3 is 15.1 Å². The van der Waals surface area contributed by atoms with Gasteiger partial charge in [-0.25, -0.2) is 0 Å². The summed E-state index contributed by atoms with van der Waals surface area (Å²) >= 11 is 2.82. The fourth-order valence-corrected chi connectivity index (χ4v) is 4.69. The molecule has 0 atom stereocenters. The molecule has 0 radical (unpaired) electrons. The Bertz CT molecular complexity index is 1170. The molecule has 150 valence electrons. The predicted octanol–water partition coefficient (Wildman–Crippen LogP) is 6.31. The lowest BCUT2D eigenvalue weighted by atomic mass is 10.2. The molecule has 2 aromatic carbocycles. The lowest BCUT2D eigenvalue weighted by Gasteiger charge is -2.10. The smallest absolute Gasteiger partial charge is 0.291 e. The van der Waals surface area contributed by atoms with Crippen LogP contribution in [-0.4, -0.2) is 11.8 Å². The lowest BCUT2D eigenvalue weighted by molar-refractivity contribution is 0.0995. The molecule has 0 bridgehead atoms. The van der Waals surface area contributed by atoms with Crippen LogP contribution in [0.15, 0.2) is 93.3 Å². The number of carbonyl (C=O) groups is 2. The molecular formula is C23H18N2O3S2. The van der Waals surface area contributed by atoms with Gasteiger partial charge >= 0.3 is 0 Å². The number of benzene rings is 2. The van der Waals surface area contributed by atoms with Gasteiger partial charge in [-0.2, -0.15) is 0 Å². The molecule has 0 fully saturated rings. The van der Waals surface area contributed by atoms with Gasteiger partial charge in [-0.05, 0) is 55.0 Å². The normalized spacial score (nSPS) is 10.6. The predicted molar refractivity (Wildman–Crippen MR) is 121 cm³/mol. The van der Waals surface area contributed by atoms with Gasteiger partial charge in [0.15, 0.2) is 5.76 Å². The second kappa shape index (κ2) is 9.02. The quantitative estimate of drug-likeness (QED) is 0.373. The Labute approximate surface area is 182 Å². The van der Waals surface area contributed by atoms with Crippen LogP contribution in [0.2, 0.25) is 0 Å². The Kier molecular flexibility index (Phi) is 6.02.